The van der Waals surface area contributed by atoms with E-state index in [2.05, 4.69) is 118 Å². The highest BCUT2D eigenvalue weighted by molar-refractivity contribution is 7.85. The molecule has 1 aliphatic carbocycles. The lowest BCUT2D eigenvalue weighted by atomic mass is 9.79. The van der Waals surface area contributed by atoms with Crippen LogP contribution in [0.3, 0.4) is 0 Å². The minimum absolute atomic E-state index is 0.00148. The highest BCUT2D eigenvalue weighted by Crippen LogP contribution is 2.48. The lowest BCUT2D eigenvalue weighted by molar-refractivity contribution is -0.478. The molecule has 4 unspecified atom stereocenters. The Bertz CT molecular complexity index is 1680. The zero-order valence-corrected chi connectivity index (χ0v) is 30.2. The van der Waals surface area contributed by atoms with Crippen molar-refractivity contribution in [3.63, 3.8) is 0 Å². The zero-order chi connectivity index (χ0) is 33.4. The minimum atomic E-state index is -4.29. The van der Waals surface area contributed by atoms with Crippen LogP contribution in [0.25, 0.3) is 0 Å². The predicted molar refractivity (Wildman–Crippen MR) is 192 cm³/mol. The summed E-state index contributed by atoms with van der Waals surface area (Å²) in [6.07, 6.45) is 14.7. The normalized spacial score (nSPS) is 23.8. The Morgan fingerprint density at radius 1 is 1.00 bits per heavy atom. The molecule has 4 atom stereocenters. The van der Waals surface area contributed by atoms with Gasteiger partial charge in [-0.2, -0.15) is 4.58 Å². The standard InChI is InChI=1S/C39H51ClN2O3S/c1-8-14-27(2)41-33-19-11-9-17-31(33)38(4,5)35(41)23-21-29-15-13-16-30(37(29)40)22-24-36-39(6,7)32-18-10-12-20-34(32)42(36)28(3)25-26-46(43,44)45/h9-12,17-24,27-28,30,36H,8,13-16,25-26H2,1-7H3/b23-21+,24-22+. The van der Waals surface area contributed by atoms with Gasteiger partial charge in [-0.3, -0.25) is 0 Å². The van der Waals surface area contributed by atoms with Crippen LogP contribution in [0, 0.1) is 5.92 Å². The molecule has 0 N–H and O–H groups in total. The largest absolute Gasteiger partial charge is 0.748 e. The van der Waals surface area contributed by atoms with Crippen LogP contribution in [0.2, 0.25) is 0 Å². The molecule has 0 spiro atoms. The summed E-state index contributed by atoms with van der Waals surface area (Å²) in [4.78, 5) is 2.31. The molecule has 0 fully saturated rings. The number of allylic oxidation sites excluding steroid dienone is 5. The summed E-state index contributed by atoms with van der Waals surface area (Å²) in [5.74, 6) is -0.255. The first kappa shape index (κ1) is 34.7. The van der Waals surface area contributed by atoms with Crippen LogP contribution in [0.1, 0.15) is 98.1 Å². The summed E-state index contributed by atoms with van der Waals surface area (Å²) in [6.45, 7) is 15.7. The van der Waals surface area contributed by atoms with E-state index in [1.54, 1.807) is 0 Å². The minimum Gasteiger partial charge on any atom is -0.748 e. The van der Waals surface area contributed by atoms with Gasteiger partial charge in [-0.05, 0) is 77.0 Å². The number of fused-ring (bicyclic) bond motifs is 2. The molecule has 0 saturated heterocycles. The molecule has 7 heteroatoms. The number of para-hydroxylation sites is 2. The van der Waals surface area contributed by atoms with Crippen LogP contribution in [0.4, 0.5) is 11.4 Å². The van der Waals surface area contributed by atoms with E-state index >= 15 is 0 Å². The highest BCUT2D eigenvalue weighted by atomic mass is 35.5. The maximum atomic E-state index is 11.5. The quantitative estimate of drug-likeness (QED) is 0.137. The van der Waals surface area contributed by atoms with E-state index in [1.807, 2.05) is 13.0 Å². The van der Waals surface area contributed by atoms with Gasteiger partial charge in [-0.25, -0.2) is 8.42 Å². The molecule has 0 bridgehead atoms. The van der Waals surface area contributed by atoms with Crippen LogP contribution < -0.4 is 4.90 Å². The van der Waals surface area contributed by atoms with E-state index in [9.17, 15) is 13.0 Å². The smallest absolute Gasteiger partial charge is 0.209 e. The molecule has 46 heavy (non-hydrogen) atoms. The molecule has 248 valence electrons. The molecule has 0 amide bonds. The van der Waals surface area contributed by atoms with Gasteiger partial charge in [0.1, 0.15) is 0 Å². The fraction of sp³-hybridized carbons (Fsp3) is 0.513. The Morgan fingerprint density at radius 2 is 1.67 bits per heavy atom. The van der Waals surface area contributed by atoms with Crippen molar-refractivity contribution in [3.8, 4) is 0 Å². The molecule has 0 saturated carbocycles. The van der Waals surface area contributed by atoms with Crippen LogP contribution in [-0.2, 0) is 20.9 Å². The predicted octanol–water partition coefficient (Wildman–Crippen LogP) is 9.15. The first-order chi connectivity index (χ1) is 21.7. The lowest BCUT2D eigenvalue weighted by Crippen LogP contribution is -2.45. The highest BCUT2D eigenvalue weighted by Gasteiger charge is 2.46. The molecule has 2 aromatic carbocycles. The van der Waals surface area contributed by atoms with Gasteiger partial charge in [-0.1, -0.05) is 87.0 Å². The number of hydrogen-bond acceptors (Lipinski definition) is 4. The third-order valence-corrected chi connectivity index (χ3v) is 11.9. The SMILES string of the molecule is CCCC(C)[N+]1=C(/C=C/C2=C(Cl)C(/C=C/C3N(C(C)CCS(=O)(=O)[O-])c4ccccc4C3(C)C)CCC2)C(C)(C)c2ccccc21. The summed E-state index contributed by atoms with van der Waals surface area (Å²) in [5.41, 5.74) is 7.22. The molecular formula is C39H51ClN2O3S. The average molecular weight is 663 g/mol. The van der Waals surface area contributed by atoms with Crippen LogP contribution in [0.15, 0.2) is 83.4 Å². The monoisotopic (exact) mass is 662 g/mol. The summed E-state index contributed by atoms with van der Waals surface area (Å²) < 4.78 is 37.0. The van der Waals surface area contributed by atoms with Gasteiger partial charge in [-0.15, -0.1) is 0 Å². The van der Waals surface area contributed by atoms with Crippen molar-refractivity contribution in [2.24, 2.45) is 5.92 Å². The third kappa shape index (κ3) is 6.68. The Morgan fingerprint density at radius 3 is 2.37 bits per heavy atom. The second-order valence-electron chi connectivity index (χ2n) is 14.6. The Balaban J connectivity index is 1.45. The number of benzene rings is 2. The van der Waals surface area contributed by atoms with Gasteiger partial charge in [0.05, 0.1) is 21.6 Å². The topological polar surface area (TPSA) is 63.5 Å². The maximum Gasteiger partial charge on any atom is 0.209 e. The average Bonchev–Trinajstić information content (AvgIpc) is 3.37. The van der Waals surface area contributed by atoms with Crippen molar-refractivity contribution in [1.82, 2.24) is 0 Å². The summed E-state index contributed by atoms with van der Waals surface area (Å²) in [7, 11) is -4.29. The van der Waals surface area contributed by atoms with Gasteiger partial charge in [0.25, 0.3) is 0 Å². The molecule has 0 radical (unpaired) electrons. The van der Waals surface area contributed by atoms with E-state index in [0.29, 0.717) is 6.04 Å². The summed E-state index contributed by atoms with van der Waals surface area (Å²) in [5, 5.41) is 0.909. The summed E-state index contributed by atoms with van der Waals surface area (Å²) >= 11 is 7.23. The van der Waals surface area contributed by atoms with Gasteiger partial charge in [0.15, 0.2) is 11.8 Å². The first-order valence-electron chi connectivity index (χ1n) is 17.0. The summed E-state index contributed by atoms with van der Waals surface area (Å²) in [6, 6.07) is 17.4. The van der Waals surface area contributed by atoms with Crippen LogP contribution >= 0.6 is 11.6 Å². The first-order valence-corrected chi connectivity index (χ1v) is 19.0. The van der Waals surface area contributed by atoms with E-state index in [-0.39, 0.29) is 41.0 Å². The number of rotatable bonds is 11. The lowest BCUT2D eigenvalue weighted by Gasteiger charge is -2.37. The Kier molecular flexibility index (Phi) is 10.1. The van der Waals surface area contributed by atoms with E-state index < -0.39 is 10.1 Å². The van der Waals surface area contributed by atoms with Crippen molar-refractivity contribution in [2.75, 3.05) is 10.7 Å². The number of nitrogens with zero attached hydrogens (tertiary/aromatic N) is 2. The van der Waals surface area contributed by atoms with Gasteiger partial charge in [0, 0.05) is 58.0 Å². The maximum absolute atomic E-state index is 11.5. The Labute approximate surface area is 282 Å². The Hall–Kier alpha value is -2.67. The molecule has 2 aliphatic heterocycles. The van der Waals surface area contributed by atoms with Crippen molar-refractivity contribution in [2.45, 2.75) is 116 Å². The molecular weight excluding hydrogens is 612 g/mol. The van der Waals surface area contributed by atoms with Gasteiger partial charge in [0.2, 0.25) is 5.69 Å². The van der Waals surface area contributed by atoms with E-state index in [0.717, 1.165) is 42.8 Å². The zero-order valence-electron chi connectivity index (χ0n) is 28.6. The molecule has 3 aliphatic rings. The van der Waals surface area contributed by atoms with E-state index in [1.165, 1.54) is 28.1 Å². The molecule has 0 aromatic heterocycles. The molecule has 2 heterocycles. The van der Waals surface area contributed by atoms with Crippen molar-refractivity contribution in [3.05, 3.63) is 94.6 Å². The second-order valence-corrected chi connectivity index (χ2v) is 16.5. The van der Waals surface area contributed by atoms with Crippen molar-refractivity contribution in [1.29, 1.82) is 0 Å². The number of hydrogen-bond donors (Lipinski definition) is 0. The molecule has 5 nitrogen and oxygen atoms in total. The molecule has 5 rings (SSSR count). The van der Waals surface area contributed by atoms with Crippen LogP contribution in [-0.4, -0.2) is 47.1 Å². The fourth-order valence-corrected chi connectivity index (χ4v) is 9.02. The third-order valence-electron chi connectivity index (χ3n) is 10.6. The fourth-order valence-electron chi connectivity index (χ4n) is 8.05. The van der Waals surface area contributed by atoms with E-state index in [4.69, 9.17) is 11.6 Å². The second kappa shape index (κ2) is 13.4. The van der Waals surface area contributed by atoms with Crippen LogP contribution in [0.5, 0.6) is 0 Å². The van der Waals surface area contributed by atoms with Crippen molar-refractivity contribution < 1.29 is 17.5 Å². The molecule has 2 aromatic rings. The van der Waals surface area contributed by atoms with Crippen molar-refractivity contribution >= 4 is 38.8 Å². The van der Waals surface area contributed by atoms with Gasteiger partial charge >= 0.3 is 0 Å². The van der Waals surface area contributed by atoms with Gasteiger partial charge < -0.3 is 9.45 Å². The number of halogens is 1. The number of anilines is 1.